The first kappa shape index (κ1) is 12.7. The molecule has 0 aromatic rings. The molecule has 5 nitrogen and oxygen atoms in total. The summed E-state index contributed by atoms with van der Waals surface area (Å²) in [6.07, 6.45) is 1.69. The Morgan fingerprint density at radius 1 is 1.41 bits per heavy atom. The smallest absolute Gasteiger partial charge is 0.240 e. The molecular weight excluding hydrogens is 238 g/mol. The second-order valence-electron chi connectivity index (χ2n) is 4.61. The second-order valence-corrected chi connectivity index (χ2v) is 5.76. The Labute approximate surface area is 105 Å². The molecule has 6 heteroatoms. The number of carbonyl (C=O) groups is 2. The summed E-state index contributed by atoms with van der Waals surface area (Å²) >= 11 is 1.80. The minimum Gasteiger partial charge on any atom is -0.369 e. The Kier molecular flexibility index (Phi) is 4.28. The van der Waals surface area contributed by atoms with E-state index in [2.05, 4.69) is 5.32 Å². The Balaban J connectivity index is 1.91. The van der Waals surface area contributed by atoms with Crippen LogP contribution in [0.2, 0.25) is 0 Å². The summed E-state index contributed by atoms with van der Waals surface area (Å²) in [6, 6.07) is -0.0830. The van der Waals surface area contributed by atoms with Crippen molar-refractivity contribution < 1.29 is 9.59 Å². The van der Waals surface area contributed by atoms with Crippen molar-refractivity contribution in [3.63, 3.8) is 0 Å². The molecule has 2 atom stereocenters. The number of carbonyl (C=O) groups excluding carboxylic acids is 2. The molecule has 0 aromatic heterocycles. The van der Waals surface area contributed by atoms with Crippen LogP contribution in [0.5, 0.6) is 0 Å². The summed E-state index contributed by atoms with van der Waals surface area (Å²) < 4.78 is 0. The van der Waals surface area contributed by atoms with Gasteiger partial charge in [-0.3, -0.25) is 9.59 Å². The van der Waals surface area contributed by atoms with Gasteiger partial charge in [-0.05, 0) is 12.8 Å². The molecule has 0 saturated carbocycles. The lowest BCUT2D eigenvalue weighted by molar-refractivity contribution is -0.136. The zero-order valence-electron chi connectivity index (χ0n) is 9.85. The zero-order chi connectivity index (χ0) is 12.3. The average molecular weight is 257 g/mol. The third-order valence-electron chi connectivity index (χ3n) is 3.36. The largest absolute Gasteiger partial charge is 0.369 e. The van der Waals surface area contributed by atoms with Gasteiger partial charge in [0, 0.05) is 31.1 Å². The molecule has 2 fully saturated rings. The number of piperidine rings is 1. The highest BCUT2D eigenvalue weighted by molar-refractivity contribution is 7.99. The summed E-state index contributed by atoms with van der Waals surface area (Å²) in [4.78, 5) is 25.2. The van der Waals surface area contributed by atoms with Crippen molar-refractivity contribution in [1.29, 1.82) is 0 Å². The Bertz CT molecular complexity index is 305. The number of amides is 2. The first-order chi connectivity index (χ1) is 8.18. The summed E-state index contributed by atoms with van der Waals surface area (Å²) in [5, 5.41) is 3.23. The molecule has 0 spiro atoms. The quantitative estimate of drug-likeness (QED) is 0.694. The standard InChI is InChI=1S/C11H19N3O2S/c12-10(15)8-2-1-4-14(6-8)11(16)9-7-17-5-3-13-9/h8-9,13H,1-7H2,(H2,12,15). The van der Waals surface area contributed by atoms with Crippen LogP contribution in [-0.4, -0.2) is 53.9 Å². The van der Waals surface area contributed by atoms with Crippen LogP contribution in [0, 0.1) is 5.92 Å². The van der Waals surface area contributed by atoms with Crippen molar-refractivity contribution in [2.24, 2.45) is 11.7 Å². The topological polar surface area (TPSA) is 75.4 Å². The van der Waals surface area contributed by atoms with E-state index >= 15 is 0 Å². The van der Waals surface area contributed by atoms with E-state index in [4.69, 9.17) is 5.73 Å². The molecule has 2 rings (SSSR count). The van der Waals surface area contributed by atoms with Crippen LogP contribution in [0.4, 0.5) is 0 Å². The lowest BCUT2D eigenvalue weighted by Gasteiger charge is -2.35. The van der Waals surface area contributed by atoms with Gasteiger partial charge in [-0.1, -0.05) is 0 Å². The fourth-order valence-corrected chi connectivity index (χ4v) is 3.28. The highest BCUT2D eigenvalue weighted by atomic mass is 32.2. The number of primary amides is 1. The normalized spacial score (nSPS) is 30.0. The molecule has 3 N–H and O–H groups in total. The van der Waals surface area contributed by atoms with Crippen molar-refractivity contribution in [2.75, 3.05) is 31.1 Å². The van der Waals surface area contributed by atoms with Gasteiger partial charge in [0.15, 0.2) is 0 Å². The number of thioether (sulfide) groups is 1. The number of rotatable bonds is 2. The van der Waals surface area contributed by atoms with Crippen LogP contribution in [0.3, 0.4) is 0 Å². The molecule has 2 amide bonds. The molecule has 0 radical (unpaired) electrons. The van der Waals surface area contributed by atoms with Gasteiger partial charge < -0.3 is 16.0 Å². The maximum absolute atomic E-state index is 12.2. The number of hydrogen-bond acceptors (Lipinski definition) is 4. The van der Waals surface area contributed by atoms with E-state index in [9.17, 15) is 9.59 Å². The van der Waals surface area contributed by atoms with Gasteiger partial charge in [-0.25, -0.2) is 0 Å². The maximum Gasteiger partial charge on any atom is 0.240 e. The van der Waals surface area contributed by atoms with Crippen LogP contribution in [-0.2, 0) is 9.59 Å². The summed E-state index contributed by atoms with van der Waals surface area (Å²) in [5.74, 6) is 1.57. The van der Waals surface area contributed by atoms with E-state index < -0.39 is 0 Å². The summed E-state index contributed by atoms with van der Waals surface area (Å²) in [7, 11) is 0. The number of nitrogens with one attached hydrogen (secondary N) is 1. The third-order valence-corrected chi connectivity index (χ3v) is 4.42. The first-order valence-corrected chi connectivity index (χ1v) is 7.23. The van der Waals surface area contributed by atoms with Crippen LogP contribution in [0.15, 0.2) is 0 Å². The van der Waals surface area contributed by atoms with E-state index in [1.807, 2.05) is 0 Å². The van der Waals surface area contributed by atoms with Crippen molar-refractivity contribution in [2.45, 2.75) is 18.9 Å². The molecule has 96 valence electrons. The van der Waals surface area contributed by atoms with E-state index in [-0.39, 0.29) is 23.8 Å². The monoisotopic (exact) mass is 257 g/mol. The molecule has 2 aliphatic rings. The van der Waals surface area contributed by atoms with Gasteiger partial charge in [-0.2, -0.15) is 11.8 Å². The second kappa shape index (κ2) is 5.73. The molecule has 2 heterocycles. The lowest BCUT2D eigenvalue weighted by Crippen LogP contribution is -2.54. The fourth-order valence-electron chi connectivity index (χ4n) is 2.35. The molecule has 0 bridgehead atoms. The maximum atomic E-state index is 12.2. The van der Waals surface area contributed by atoms with Crippen molar-refractivity contribution in [1.82, 2.24) is 10.2 Å². The van der Waals surface area contributed by atoms with Gasteiger partial charge in [0.1, 0.15) is 0 Å². The van der Waals surface area contributed by atoms with Crippen LogP contribution in [0.25, 0.3) is 0 Å². The van der Waals surface area contributed by atoms with E-state index in [0.717, 1.165) is 37.4 Å². The zero-order valence-corrected chi connectivity index (χ0v) is 10.7. The summed E-state index contributed by atoms with van der Waals surface area (Å²) in [6.45, 7) is 2.14. The predicted octanol–water partition coefficient (Wildman–Crippen LogP) is -0.585. The highest BCUT2D eigenvalue weighted by Gasteiger charge is 2.31. The molecule has 2 aliphatic heterocycles. The Morgan fingerprint density at radius 2 is 2.24 bits per heavy atom. The number of nitrogens with two attached hydrogens (primary N) is 1. The third kappa shape index (κ3) is 3.13. The van der Waals surface area contributed by atoms with E-state index in [0.29, 0.717) is 6.54 Å². The van der Waals surface area contributed by atoms with Crippen molar-refractivity contribution >= 4 is 23.6 Å². The van der Waals surface area contributed by atoms with Gasteiger partial charge in [0.2, 0.25) is 11.8 Å². The van der Waals surface area contributed by atoms with E-state index in [1.165, 1.54) is 0 Å². The minimum atomic E-state index is -0.284. The number of hydrogen-bond donors (Lipinski definition) is 2. The van der Waals surface area contributed by atoms with Crippen LogP contribution in [0.1, 0.15) is 12.8 Å². The van der Waals surface area contributed by atoms with Gasteiger partial charge in [0.25, 0.3) is 0 Å². The Hall–Kier alpha value is -0.750. The number of likely N-dealkylation sites (tertiary alicyclic amines) is 1. The van der Waals surface area contributed by atoms with Crippen molar-refractivity contribution in [3.05, 3.63) is 0 Å². The molecule has 17 heavy (non-hydrogen) atoms. The van der Waals surface area contributed by atoms with Gasteiger partial charge >= 0.3 is 0 Å². The minimum absolute atomic E-state index is 0.0830. The highest BCUT2D eigenvalue weighted by Crippen LogP contribution is 2.18. The molecular formula is C11H19N3O2S. The van der Waals surface area contributed by atoms with E-state index in [1.54, 1.807) is 16.7 Å². The fraction of sp³-hybridized carbons (Fsp3) is 0.818. The SMILES string of the molecule is NC(=O)C1CCCN(C(=O)C2CSCCN2)C1. The molecule has 2 saturated heterocycles. The van der Waals surface area contributed by atoms with Gasteiger partial charge in [0.05, 0.1) is 12.0 Å². The lowest BCUT2D eigenvalue weighted by atomic mass is 9.97. The average Bonchev–Trinajstić information content (AvgIpc) is 2.39. The molecule has 0 aromatic carbocycles. The molecule has 2 unspecified atom stereocenters. The van der Waals surface area contributed by atoms with Crippen LogP contribution < -0.4 is 11.1 Å². The predicted molar refractivity (Wildman–Crippen MR) is 67.6 cm³/mol. The number of nitrogens with zero attached hydrogens (tertiary/aromatic N) is 1. The Morgan fingerprint density at radius 3 is 2.88 bits per heavy atom. The van der Waals surface area contributed by atoms with Crippen molar-refractivity contribution in [3.8, 4) is 0 Å². The van der Waals surface area contributed by atoms with Gasteiger partial charge in [-0.15, -0.1) is 0 Å². The van der Waals surface area contributed by atoms with Crippen LogP contribution >= 0.6 is 11.8 Å². The molecule has 0 aliphatic carbocycles. The first-order valence-electron chi connectivity index (χ1n) is 6.07. The summed E-state index contributed by atoms with van der Waals surface area (Å²) in [5.41, 5.74) is 5.31.